The third-order valence-corrected chi connectivity index (χ3v) is 3.87. The summed E-state index contributed by atoms with van der Waals surface area (Å²) in [6, 6.07) is 11.5. The molecule has 0 saturated heterocycles. The van der Waals surface area contributed by atoms with Crippen molar-refractivity contribution in [3.05, 3.63) is 69.5 Å². The van der Waals surface area contributed by atoms with Crippen molar-refractivity contribution in [3.8, 4) is 0 Å². The average Bonchev–Trinajstić information content (AvgIpc) is 2.48. The number of nitrogens with one attached hydrogen (secondary N) is 1. The highest BCUT2D eigenvalue weighted by atomic mass is 35.5. The first-order valence-electron chi connectivity index (χ1n) is 6.99. The number of rotatable bonds is 6. The Morgan fingerprint density at radius 2 is 1.77 bits per heavy atom. The van der Waals surface area contributed by atoms with Gasteiger partial charge in [-0.2, -0.15) is 0 Å². The lowest BCUT2D eigenvalue weighted by Crippen LogP contribution is -2.25. The minimum Gasteiger partial charge on any atom is -0.356 e. The molecule has 0 aliphatic carbocycles. The van der Waals surface area contributed by atoms with E-state index in [-0.39, 0.29) is 11.7 Å². The summed E-state index contributed by atoms with van der Waals surface area (Å²) in [5, 5.41) is 4.00. The summed E-state index contributed by atoms with van der Waals surface area (Å²) in [7, 11) is 0. The molecule has 2 rings (SSSR count). The van der Waals surface area contributed by atoms with Crippen LogP contribution in [0.15, 0.2) is 42.5 Å². The summed E-state index contributed by atoms with van der Waals surface area (Å²) >= 11 is 11.9. The molecule has 0 fully saturated rings. The SMILES string of the molecule is O=C(CCc1ccc(Cl)cc1Cl)NCCc1ccc(F)cc1. The summed E-state index contributed by atoms with van der Waals surface area (Å²) in [5.74, 6) is -0.291. The van der Waals surface area contributed by atoms with Crippen LogP contribution in [0.5, 0.6) is 0 Å². The molecule has 0 heterocycles. The molecule has 0 spiro atoms. The van der Waals surface area contributed by atoms with E-state index in [9.17, 15) is 9.18 Å². The van der Waals surface area contributed by atoms with Gasteiger partial charge in [-0.1, -0.05) is 41.4 Å². The van der Waals surface area contributed by atoms with Crippen LogP contribution in [0.4, 0.5) is 4.39 Å². The summed E-state index contributed by atoms with van der Waals surface area (Å²) in [4.78, 5) is 11.8. The molecule has 5 heteroatoms. The van der Waals surface area contributed by atoms with Crippen LogP contribution in [0.3, 0.4) is 0 Å². The minimum atomic E-state index is -0.257. The monoisotopic (exact) mass is 339 g/mol. The van der Waals surface area contributed by atoms with E-state index in [4.69, 9.17) is 23.2 Å². The average molecular weight is 340 g/mol. The van der Waals surface area contributed by atoms with Gasteiger partial charge in [0.25, 0.3) is 0 Å². The van der Waals surface area contributed by atoms with E-state index in [0.717, 1.165) is 11.1 Å². The van der Waals surface area contributed by atoms with Gasteiger partial charge >= 0.3 is 0 Å². The molecular weight excluding hydrogens is 324 g/mol. The maximum atomic E-state index is 12.8. The Bertz CT molecular complexity index is 644. The molecule has 0 aliphatic rings. The van der Waals surface area contributed by atoms with Crippen LogP contribution in [-0.2, 0) is 17.6 Å². The lowest BCUT2D eigenvalue weighted by molar-refractivity contribution is -0.121. The summed E-state index contributed by atoms with van der Waals surface area (Å²) in [5.41, 5.74) is 1.89. The maximum absolute atomic E-state index is 12.8. The van der Waals surface area contributed by atoms with Crippen LogP contribution >= 0.6 is 23.2 Å². The second-order valence-electron chi connectivity index (χ2n) is 4.96. The molecule has 2 nitrogen and oxygen atoms in total. The molecule has 116 valence electrons. The van der Waals surface area contributed by atoms with E-state index in [1.165, 1.54) is 12.1 Å². The van der Waals surface area contributed by atoms with Gasteiger partial charge in [0.1, 0.15) is 5.82 Å². The standard InChI is InChI=1S/C17H16Cl2FNO/c18-14-5-3-13(16(19)11-14)4-8-17(22)21-10-9-12-1-6-15(20)7-2-12/h1-3,5-7,11H,4,8-10H2,(H,21,22). The number of carbonyl (C=O) groups excluding carboxylic acids is 1. The Labute approximate surface area is 139 Å². The van der Waals surface area contributed by atoms with Gasteiger partial charge < -0.3 is 5.32 Å². The Kier molecular flexibility index (Phi) is 6.22. The fraction of sp³-hybridized carbons (Fsp3) is 0.235. The van der Waals surface area contributed by atoms with Gasteiger partial charge in [-0.25, -0.2) is 4.39 Å². The molecule has 2 aromatic rings. The third kappa shape index (κ3) is 5.32. The van der Waals surface area contributed by atoms with Crippen LogP contribution in [-0.4, -0.2) is 12.5 Å². The number of benzene rings is 2. The maximum Gasteiger partial charge on any atom is 0.220 e. The number of hydrogen-bond acceptors (Lipinski definition) is 1. The molecule has 22 heavy (non-hydrogen) atoms. The molecule has 0 unspecified atom stereocenters. The zero-order valence-corrected chi connectivity index (χ0v) is 13.4. The molecule has 0 aromatic heterocycles. The Morgan fingerprint density at radius 1 is 1.05 bits per heavy atom. The van der Waals surface area contributed by atoms with Crippen LogP contribution in [0.25, 0.3) is 0 Å². The zero-order chi connectivity index (χ0) is 15.9. The minimum absolute atomic E-state index is 0.0341. The molecule has 0 radical (unpaired) electrons. The number of amides is 1. The fourth-order valence-electron chi connectivity index (χ4n) is 2.06. The first kappa shape index (κ1) is 16.8. The van der Waals surface area contributed by atoms with Crippen LogP contribution in [0.1, 0.15) is 17.5 Å². The van der Waals surface area contributed by atoms with Crippen LogP contribution < -0.4 is 5.32 Å². The molecular formula is C17H16Cl2FNO. The van der Waals surface area contributed by atoms with E-state index < -0.39 is 0 Å². The van der Waals surface area contributed by atoms with Gasteiger partial charge in [-0.3, -0.25) is 4.79 Å². The van der Waals surface area contributed by atoms with Crippen molar-refractivity contribution >= 4 is 29.1 Å². The van der Waals surface area contributed by atoms with Crippen molar-refractivity contribution in [3.63, 3.8) is 0 Å². The van der Waals surface area contributed by atoms with E-state index in [0.29, 0.717) is 35.9 Å². The van der Waals surface area contributed by atoms with Gasteiger partial charge in [0, 0.05) is 23.0 Å². The lowest BCUT2D eigenvalue weighted by Gasteiger charge is -2.07. The number of hydrogen-bond donors (Lipinski definition) is 1. The highest BCUT2D eigenvalue weighted by Crippen LogP contribution is 2.21. The van der Waals surface area contributed by atoms with Crippen LogP contribution in [0.2, 0.25) is 10.0 Å². The van der Waals surface area contributed by atoms with E-state index in [1.54, 1.807) is 24.3 Å². The predicted octanol–water partition coefficient (Wildman–Crippen LogP) is 4.42. The molecule has 0 aliphatic heterocycles. The fourth-order valence-corrected chi connectivity index (χ4v) is 2.56. The second-order valence-corrected chi connectivity index (χ2v) is 5.81. The first-order valence-corrected chi connectivity index (χ1v) is 7.75. The quantitative estimate of drug-likeness (QED) is 0.828. The van der Waals surface area contributed by atoms with Crippen molar-refractivity contribution in [1.82, 2.24) is 5.32 Å². The molecule has 1 amide bonds. The Balaban J connectivity index is 1.72. The predicted molar refractivity (Wildman–Crippen MR) is 87.9 cm³/mol. The number of aryl methyl sites for hydroxylation is 1. The highest BCUT2D eigenvalue weighted by Gasteiger charge is 2.05. The smallest absolute Gasteiger partial charge is 0.220 e. The van der Waals surface area contributed by atoms with Gasteiger partial charge in [-0.15, -0.1) is 0 Å². The lowest BCUT2D eigenvalue weighted by atomic mass is 10.1. The zero-order valence-electron chi connectivity index (χ0n) is 11.9. The second kappa shape index (κ2) is 8.16. The molecule has 0 atom stereocenters. The van der Waals surface area contributed by atoms with Crippen LogP contribution in [0, 0.1) is 5.82 Å². The molecule has 0 bridgehead atoms. The Hall–Kier alpha value is -1.58. The van der Waals surface area contributed by atoms with Gasteiger partial charge in [0.05, 0.1) is 0 Å². The molecule has 2 aromatic carbocycles. The van der Waals surface area contributed by atoms with E-state index >= 15 is 0 Å². The molecule has 1 N–H and O–H groups in total. The van der Waals surface area contributed by atoms with Crippen molar-refractivity contribution in [2.24, 2.45) is 0 Å². The normalized spacial score (nSPS) is 10.5. The number of halogens is 3. The van der Waals surface area contributed by atoms with Gasteiger partial charge in [-0.05, 0) is 48.2 Å². The number of carbonyl (C=O) groups is 1. The van der Waals surface area contributed by atoms with Gasteiger partial charge in [0.2, 0.25) is 5.91 Å². The largest absolute Gasteiger partial charge is 0.356 e. The summed E-state index contributed by atoms with van der Waals surface area (Å²) in [6.45, 7) is 0.527. The van der Waals surface area contributed by atoms with Gasteiger partial charge in [0.15, 0.2) is 0 Å². The topological polar surface area (TPSA) is 29.1 Å². The van der Waals surface area contributed by atoms with Crippen molar-refractivity contribution < 1.29 is 9.18 Å². The Morgan fingerprint density at radius 3 is 2.45 bits per heavy atom. The van der Waals surface area contributed by atoms with Crippen molar-refractivity contribution in [2.45, 2.75) is 19.3 Å². The van der Waals surface area contributed by atoms with E-state index in [1.807, 2.05) is 6.07 Å². The summed E-state index contributed by atoms with van der Waals surface area (Å²) < 4.78 is 12.8. The van der Waals surface area contributed by atoms with Crippen molar-refractivity contribution in [1.29, 1.82) is 0 Å². The third-order valence-electron chi connectivity index (χ3n) is 3.29. The van der Waals surface area contributed by atoms with E-state index in [2.05, 4.69) is 5.32 Å². The molecule has 0 saturated carbocycles. The first-order chi connectivity index (χ1) is 10.5. The highest BCUT2D eigenvalue weighted by molar-refractivity contribution is 6.35. The summed E-state index contributed by atoms with van der Waals surface area (Å²) in [6.07, 6.45) is 1.61. The van der Waals surface area contributed by atoms with Crippen molar-refractivity contribution in [2.75, 3.05) is 6.54 Å².